The molecule has 0 unspecified atom stereocenters. The summed E-state index contributed by atoms with van der Waals surface area (Å²) < 4.78 is 24.9. The van der Waals surface area contributed by atoms with E-state index < -0.39 is 0 Å². The second kappa shape index (κ2) is 7.82. The van der Waals surface area contributed by atoms with Gasteiger partial charge in [0.15, 0.2) is 0 Å². The number of carbonyl (C=O) groups is 1. The molecule has 1 aliphatic carbocycles. The Hall–Kier alpha value is -2.56. The number of nitrogens with zero attached hydrogens (tertiary/aromatic N) is 1. The Balaban J connectivity index is 1.27. The van der Waals surface area contributed by atoms with Crippen LogP contribution in [0.2, 0.25) is 0 Å². The molecule has 1 saturated heterocycles. The molecule has 0 atom stereocenters. The van der Waals surface area contributed by atoms with Crippen molar-refractivity contribution in [3.63, 3.8) is 0 Å². The van der Waals surface area contributed by atoms with Gasteiger partial charge in [-0.3, -0.25) is 0 Å². The van der Waals surface area contributed by atoms with Crippen molar-refractivity contribution in [1.29, 1.82) is 0 Å². The van der Waals surface area contributed by atoms with E-state index in [2.05, 4.69) is 0 Å². The summed E-state index contributed by atoms with van der Waals surface area (Å²) in [5.74, 6) is 0.794. The van der Waals surface area contributed by atoms with Gasteiger partial charge in [0, 0.05) is 13.1 Å². The van der Waals surface area contributed by atoms with Gasteiger partial charge in [-0.15, -0.1) is 0 Å². The first-order chi connectivity index (χ1) is 13.6. The Labute approximate surface area is 165 Å². The number of ether oxygens (including phenoxy) is 2. The van der Waals surface area contributed by atoms with Crippen LogP contribution in [-0.4, -0.2) is 31.2 Å². The molecule has 1 aliphatic heterocycles. The Morgan fingerprint density at radius 1 is 1.14 bits per heavy atom. The first-order valence-electron chi connectivity index (χ1n) is 9.88. The first-order valence-corrected chi connectivity index (χ1v) is 9.88. The number of piperidine rings is 1. The van der Waals surface area contributed by atoms with E-state index in [0.717, 1.165) is 36.8 Å². The summed E-state index contributed by atoms with van der Waals surface area (Å²) in [4.78, 5) is 14.1. The predicted octanol–water partition coefficient (Wildman–Crippen LogP) is 5.13. The molecule has 0 bridgehead atoms. The molecule has 1 amide bonds. The molecule has 4 nitrogen and oxygen atoms in total. The van der Waals surface area contributed by atoms with E-state index in [4.69, 9.17) is 9.47 Å². The third-order valence-corrected chi connectivity index (χ3v) is 6.29. The zero-order valence-electron chi connectivity index (χ0n) is 16.2. The van der Waals surface area contributed by atoms with Gasteiger partial charge in [0.1, 0.15) is 18.2 Å². The number of rotatable bonds is 4. The summed E-state index contributed by atoms with van der Waals surface area (Å²) in [6.45, 7) is 1.72. The lowest BCUT2D eigenvalue weighted by molar-refractivity contribution is 0.00948. The van der Waals surface area contributed by atoms with Crippen molar-refractivity contribution in [2.24, 2.45) is 5.41 Å². The van der Waals surface area contributed by atoms with Gasteiger partial charge in [0.25, 0.3) is 0 Å². The van der Waals surface area contributed by atoms with Gasteiger partial charge < -0.3 is 14.4 Å². The zero-order chi connectivity index (χ0) is 19.6. The average molecular weight is 383 g/mol. The number of amides is 1. The molecule has 2 fully saturated rings. The molecule has 148 valence electrons. The lowest BCUT2D eigenvalue weighted by atomic mass is 9.56. The Bertz CT molecular complexity index is 823. The molecular formula is C23H26FNO3. The zero-order valence-corrected chi connectivity index (χ0v) is 16.2. The molecule has 4 rings (SSSR count). The maximum Gasteiger partial charge on any atom is 0.410 e. The largest absolute Gasteiger partial charge is 0.497 e. The van der Waals surface area contributed by atoms with Crippen molar-refractivity contribution < 1.29 is 18.7 Å². The monoisotopic (exact) mass is 383 g/mol. The maximum atomic E-state index is 14.2. The van der Waals surface area contributed by atoms with Crippen LogP contribution in [0.15, 0.2) is 48.5 Å². The quantitative estimate of drug-likeness (QED) is 0.735. The van der Waals surface area contributed by atoms with Crippen LogP contribution in [0.4, 0.5) is 9.18 Å². The predicted molar refractivity (Wildman–Crippen MR) is 105 cm³/mol. The van der Waals surface area contributed by atoms with E-state index in [9.17, 15) is 9.18 Å². The van der Waals surface area contributed by atoms with Gasteiger partial charge in [0.05, 0.1) is 7.11 Å². The fourth-order valence-electron chi connectivity index (χ4n) is 4.55. The number of likely N-dealkylation sites (tertiary alicyclic amines) is 1. The van der Waals surface area contributed by atoms with E-state index in [1.165, 1.54) is 6.07 Å². The number of halogens is 1. The van der Waals surface area contributed by atoms with Crippen molar-refractivity contribution in [2.75, 3.05) is 20.2 Å². The minimum Gasteiger partial charge on any atom is -0.497 e. The van der Waals surface area contributed by atoms with Crippen LogP contribution >= 0.6 is 0 Å². The third-order valence-electron chi connectivity index (χ3n) is 6.29. The Morgan fingerprint density at radius 2 is 1.86 bits per heavy atom. The molecule has 0 N–H and O–H groups in total. The van der Waals surface area contributed by atoms with Gasteiger partial charge in [-0.2, -0.15) is 0 Å². The lowest BCUT2D eigenvalue weighted by Gasteiger charge is -2.52. The summed E-state index contributed by atoms with van der Waals surface area (Å²) in [5, 5.41) is 0. The highest BCUT2D eigenvalue weighted by molar-refractivity contribution is 5.67. The minimum atomic E-state index is -0.242. The highest BCUT2D eigenvalue weighted by atomic mass is 19.1. The van der Waals surface area contributed by atoms with E-state index in [1.54, 1.807) is 18.1 Å². The highest BCUT2D eigenvalue weighted by Crippen LogP contribution is 2.57. The van der Waals surface area contributed by atoms with E-state index >= 15 is 0 Å². The molecule has 1 spiro atoms. The van der Waals surface area contributed by atoms with Crippen LogP contribution in [0.1, 0.15) is 42.7 Å². The molecule has 0 aromatic heterocycles. The van der Waals surface area contributed by atoms with Crippen LogP contribution in [-0.2, 0) is 11.3 Å². The first kappa shape index (κ1) is 18.8. The molecule has 5 heteroatoms. The van der Waals surface area contributed by atoms with Crippen LogP contribution in [0, 0.1) is 11.2 Å². The normalized spacial score (nSPS) is 18.6. The van der Waals surface area contributed by atoms with Gasteiger partial charge >= 0.3 is 6.09 Å². The van der Waals surface area contributed by atoms with Gasteiger partial charge in [-0.05, 0) is 66.3 Å². The summed E-state index contributed by atoms with van der Waals surface area (Å²) in [7, 11) is 1.60. The Morgan fingerprint density at radius 3 is 2.54 bits per heavy atom. The molecule has 1 heterocycles. The number of hydrogen-bond acceptors (Lipinski definition) is 3. The van der Waals surface area contributed by atoms with Crippen LogP contribution < -0.4 is 4.74 Å². The minimum absolute atomic E-state index is 0.150. The third kappa shape index (κ3) is 3.84. The van der Waals surface area contributed by atoms with Crippen LogP contribution in [0.3, 0.4) is 0 Å². The molecule has 2 aliphatic rings. The van der Waals surface area contributed by atoms with Gasteiger partial charge in [-0.1, -0.05) is 30.3 Å². The number of carbonyl (C=O) groups excluding carboxylic acids is 1. The second-order valence-corrected chi connectivity index (χ2v) is 8.02. The summed E-state index contributed by atoms with van der Waals surface area (Å²) in [5.41, 5.74) is 1.98. The molecule has 2 aromatic carbocycles. The van der Waals surface area contributed by atoms with Crippen molar-refractivity contribution in [3.05, 3.63) is 65.5 Å². The number of hydrogen-bond donors (Lipinski definition) is 0. The van der Waals surface area contributed by atoms with Crippen molar-refractivity contribution in [2.45, 2.75) is 38.2 Å². The van der Waals surface area contributed by atoms with E-state index in [0.29, 0.717) is 25.4 Å². The van der Waals surface area contributed by atoms with Crippen molar-refractivity contribution in [3.8, 4) is 5.75 Å². The van der Waals surface area contributed by atoms with Crippen molar-refractivity contribution in [1.82, 2.24) is 4.90 Å². The van der Waals surface area contributed by atoms with E-state index in [-0.39, 0.29) is 23.2 Å². The highest BCUT2D eigenvalue weighted by Gasteiger charge is 2.47. The van der Waals surface area contributed by atoms with Gasteiger partial charge in [0.2, 0.25) is 0 Å². The van der Waals surface area contributed by atoms with Crippen LogP contribution in [0.25, 0.3) is 0 Å². The maximum absolute atomic E-state index is 14.2. The molecule has 28 heavy (non-hydrogen) atoms. The molecular weight excluding hydrogens is 357 g/mol. The topological polar surface area (TPSA) is 38.8 Å². The van der Waals surface area contributed by atoms with Crippen molar-refractivity contribution >= 4 is 6.09 Å². The smallest absolute Gasteiger partial charge is 0.410 e. The second-order valence-electron chi connectivity index (χ2n) is 8.02. The standard InChI is InChI=1S/C23H26FNO3/c1-27-19-7-8-21(24)20(13-19)18-14-23(15-18)9-11-25(12-10-23)22(26)28-16-17-5-3-2-4-6-17/h2-8,13,18H,9-12,14-16H2,1H3. The average Bonchev–Trinajstić information content (AvgIpc) is 2.71. The summed E-state index contributed by atoms with van der Waals surface area (Å²) in [6, 6.07) is 14.7. The fourth-order valence-corrected chi connectivity index (χ4v) is 4.55. The molecule has 1 saturated carbocycles. The van der Waals surface area contributed by atoms with E-state index in [1.807, 2.05) is 36.4 Å². The Kier molecular flexibility index (Phi) is 5.25. The fraction of sp³-hybridized carbons (Fsp3) is 0.435. The summed E-state index contributed by atoms with van der Waals surface area (Å²) >= 11 is 0. The summed E-state index contributed by atoms with van der Waals surface area (Å²) in [6.07, 6.45) is 3.62. The van der Waals surface area contributed by atoms with Gasteiger partial charge in [-0.25, -0.2) is 9.18 Å². The molecule has 0 radical (unpaired) electrons. The number of benzene rings is 2. The lowest BCUT2D eigenvalue weighted by Crippen LogP contribution is -2.48. The number of methoxy groups -OCH3 is 1. The molecule has 2 aromatic rings. The van der Waals surface area contributed by atoms with Crippen LogP contribution in [0.5, 0.6) is 5.75 Å². The SMILES string of the molecule is COc1ccc(F)c(C2CC3(CCN(C(=O)OCc4ccccc4)CC3)C2)c1.